The number of benzene rings is 1. The number of hydrogen-bond acceptors (Lipinski definition) is 4. The Balaban J connectivity index is 2.22. The summed E-state index contributed by atoms with van der Waals surface area (Å²) in [6.45, 7) is 0.226. The minimum atomic E-state index is -3.55. The van der Waals surface area contributed by atoms with Crippen molar-refractivity contribution in [2.75, 3.05) is 7.05 Å². The van der Waals surface area contributed by atoms with Gasteiger partial charge in [0, 0.05) is 25.4 Å². The highest BCUT2D eigenvalue weighted by Gasteiger charge is 2.21. The molecule has 0 aliphatic rings. The summed E-state index contributed by atoms with van der Waals surface area (Å²) in [6, 6.07) is 7.19. The Morgan fingerprint density at radius 2 is 2.25 bits per heavy atom. The van der Waals surface area contributed by atoms with Gasteiger partial charge in [-0.25, -0.2) is 8.42 Å². The lowest BCUT2D eigenvalue weighted by atomic mass is 10.1. The molecule has 0 spiro atoms. The number of rotatable bonds is 5. The Morgan fingerprint density at radius 1 is 1.50 bits per heavy atom. The normalized spacial score (nSPS) is 11.7. The molecule has 0 amide bonds. The Hall–Kier alpha value is -1.77. The van der Waals surface area contributed by atoms with E-state index in [-0.39, 0.29) is 16.4 Å². The van der Waals surface area contributed by atoms with Crippen molar-refractivity contribution in [1.82, 2.24) is 14.5 Å². The van der Waals surface area contributed by atoms with Gasteiger partial charge in [-0.15, -0.1) is 0 Å². The van der Waals surface area contributed by atoms with E-state index in [2.05, 4.69) is 10.2 Å². The first kappa shape index (κ1) is 14.6. The second-order valence-corrected chi connectivity index (χ2v) is 6.74. The Kier molecular flexibility index (Phi) is 4.17. The zero-order valence-corrected chi connectivity index (χ0v) is 12.4. The average Bonchev–Trinajstić information content (AvgIpc) is 2.93. The van der Waals surface area contributed by atoms with E-state index in [4.69, 9.17) is 18.0 Å². The van der Waals surface area contributed by atoms with E-state index in [1.165, 1.54) is 23.7 Å². The van der Waals surface area contributed by atoms with Crippen LogP contribution in [0.3, 0.4) is 0 Å². The summed E-state index contributed by atoms with van der Waals surface area (Å²) in [5.74, 6) is 0. The molecule has 3 N–H and O–H groups in total. The maximum absolute atomic E-state index is 12.2. The molecule has 1 aromatic carbocycles. The van der Waals surface area contributed by atoms with E-state index in [1.807, 2.05) is 6.07 Å². The van der Waals surface area contributed by atoms with Crippen molar-refractivity contribution in [3.05, 3.63) is 47.8 Å². The first-order valence-electron chi connectivity index (χ1n) is 5.75. The number of nitrogens with one attached hydrogen (secondary N) is 1. The van der Waals surface area contributed by atoms with Crippen LogP contribution in [-0.4, -0.2) is 35.0 Å². The van der Waals surface area contributed by atoms with Gasteiger partial charge in [-0.3, -0.25) is 5.10 Å². The standard InChI is InChI=1S/C12H14N4O2S2/c1-16(20(17,18)11-6-14-15-7-11)8-9-3-2-4-10(5-9)12(13)19/h2-7H,8H2,1H3,(H2,13,19)(H,14,15). The number of hydrogen-bond donors (Lipinski definition) is 2. The van der Waals surface area contributed by atoms with Gasteiger partial charge >= 0.3 is 0 Å². The lowest BCUT2D eigenvalue weighted by molar-refractivity contribution is 0.467. The van der Waals surface area contributed by atoms with Gasteiger partial charge in [0.15, 0.2) is 0 Å². The number of sulfonamides is 1. The van der Waals surface area contributed by atoms with Gasteiger partial charge < -0.3 is 5.73 Å². The summed E-state index contributed by atoms with van der Waals surface area (Å²) in [5, 5.41) is 6.14. The molecule has 6 nitrogen and oxygen atoms in total. The van der Waals surface area contributed by atoms with Gasteiger partial charge in [-0.05, 0) is 11.6 Å². The Morgan fingerprint density at radius 3 is 2.85 bits per heavy atom. The molecule has 2 rings (SSSR count). The number of aromatic amines is 1. The zero-order chi connectivity index (χ0) is 14.8. The van der Waals surface area contributed by atoms with Crippen molar-refractivity contribution in [3.8, 4) is 0 Å². The molecule has 0 saturated heterocycles. The minimum absolute atomic E-state index is 0.130. The molecule has 1 aromatic heterocycles. The van der Waals surface area contributed by atoms with Crippen LogP contribution in [0.5, 0.6) is 0 Å². The average molecular weight is 310 g/mol. The first-order chi connectivity index (χ1) is 9.41. The molecule has 106 valence electrons. The van der Waals surface area contributed by atoms with Crippen LogP contribution in [-0.2, 0) is 16.6 Å². The van der Waals surface area contributed by atoms with E-state index >= 15 is 0 Å². The van der Waals surface area contributed by atoms with Crippen LogP contribution >= 0.6 is 12.2 Å². The quantitative estimate of drug-likeness (QED) is 0.799. The molecule has 0 saturated carbocycles. The lowest BCUT2D eigenvalue weighted by Crippen LogP contribution is -2.26. The van der Waals surface area contributed by atoms with Crippen molar-refractivity contribution in [1.29, 1.82) is 0 Å². The van der Waals surface area contributed by atoms with Crippen molar-refractivity contribution in [3.63, 3.8) is 0 Å². The number of H-pyrrole nitrogens is 1. The summed E-state index contributed by atoms with van der Waals surface area (Å²) in [4.78, 5) is 0.415. The van der Waals surface area contributed by atoms with Gasteiger partial charge in [-0.2, -0.15) is 9.40 Å². The maximum Gasteiger partial charge on any atom is 0.246 e. The molecule has 2 aromatic rings. The number of nitrogens with two attached hydrogens (primary N) is 1. The third kappa shape index (κ3) is 3.03. The highest BCUT2D eigenvalue weighted by Crippen LogP contribution is 2.15. The molecule has 1 heterocycles. The van der Waals surface area contributed by atoms with Crippen LogP contribution in [0.1, 0.15) is 11.1 Å². The van der Waals surface area contributed by atoms with Crippen LogP contribution in [0.25, 0.3) is 0 Å². The second kappa shape index (κ2) is 5.70. The van der Waals surface area contributed by atoms with Gasteiger partial charge in [0.05, 0.1) is 6.20 Å². The van der Waals surface area contributed by atoms with E-state index in [0.29, 0.717) is 5.56 Å². The van der Waals surface area contributed by atoms with Crippen LogP contribution in [0.2, 0.25) is 0 Å². The highest BCUT2D eigenvalue weighted by atomic mass is 32.2. The van der Waals surface area contributed by atoms with Gasteiger partial charge in [-0.1, -0.05) is 30.4 Å². The molecular weight excluding hydrogens is 296 g/mol. The fraction of sp³-hybridized carbons (Fsp3) is 0.167. The predicted molar refractivity (Wildman–Crippen MR) is 79.6 cm³/mol. The molecule has 0 unspecified atom stereocenters. The topological polar surface area (TPSA) is 92.1 Å². The molecule has 8 heteroatoms. The SMILES string of the molecule is CN(Cc1cccc(C(N)=S)c1)S(=O)(=O)c1cn[nH]c1. The van der Waals surface area contributed by atoms with Gasteiger partial charge in [0.2, 0.25) is 10.0 Å². The fourth-order valence-corrected chi connectivity index (χ4v) is 2.92. The minimum Gasteiger partial charge on any atom is -0.389 e. The predicted octanol–water partition coefficient (Wildman–Crippen LogP) is 0.865. The lowest BCUT2D eigenvalue weighted by Gasteiger charge is -2.16. The summed E-state index contributed by atoms with van der Waals surface area (Å²) >= 11 is 4.91. The molecule has 0 radical (unpaired) electrons. The monoisotopic (exact) mass is 310 g/mol. The van der Waals surface area contributed by atoms with E-state index < -0.39 is 10.0 Å². The highest BCUT2D eigenvalue weighted by molar-refractivity contribution is 7.89. The third-order valence-electron chi connectivity index (χ3n) is 2.80. The molecule has 0 aliphatic heterocycles. The second-order valence-electron chi connectivity index (χ2n) is 4.26. The largest absolute Gasteiger partial charge is 0.389 e. The zero-order valence-electron chi connectivity index (χ0n) is 10.8. The summed E-state index contributed by atoms with van der Waals surface area (Å²) in [5.41, 5.74) is 7.09. The van der Waals surface area contributed by atoms with Crippen molar-refractivity contribution < 1.29 is 8.42 Å². The Labute approximate surface area is 122 Å². The van der Waals surface area contributed by atoms with Crippen molar-refractivity contribution >= 4 is 27.2 Å². The summed E-state index contributed by atoms with van der Waals surface area (Å²) in [7, 11) is -2.04. The Bertz CT molecular complexity index is 711. The van der Waals surface area contributed by atoms with Crippen LogP contribution in [0.15, 0.2) is 41.6 Å². The number of aromatic nitrogens is 2. The maximum atomic E-state index is 12.2. The third-order valence-corrected chi connectivity index (χ3v) is 4.80. The van der Waals surface area contributed by atoms with Crippen LogP contribution in [0, 0.1) is 0 Å². The molecule has 20 heavy (non-hydrogen) atoms. The van der Waals surface area contributed by atoms with E-state index in [1.54, 1.807) is 18.2 Å². The van der Waals surface area contributed by atoms with Crippen molar-refractivity contribution in [2.45, 2.75) is 11.4 Å². The smallest absolute Gasteiger partial charge is 0.246 e. The molecular formula is C12H14N4O2S2. The van der Waals surface area contributed by atoms with E-state index in [0.717, 1.165) is 5.56 Å². The van der Waals surface area contributed by atoms with Crippen LogP contribution < -0.4 is 5.73 Å². The molecule has 0 fully saturated rings. The molecule has 0 bridgehead atoms. The fourth-order valence-electron chi connectivity index (χ4n) is 1.73. The van der Waals surface area contributed by atoms with E-state index in [9.17, 15) is 8.42 Å². The van der Waals surface area contributed by atoms with Gasteiger partial charge in [0.1, 0.15) is 9.88 Å². The number of nitrogens with zero attached hydrogens (tertiary/aromatic N) is 2. The van der Waals surface area contributed by atoms with Crippen LogP contribution in [0.4, 0.5) is 0 Å². The number of thiocarbonyl (C=S) groups is 1. The van der Waals surface area contributed by atoms with Crippen molar-refractivity contribution in [2.24, 2.45) is 5.73 Å². The molecule has 0 aliphatic carbocycles. The summed E-state index contributed by atoms with van der Waals surface area (Å²) in [6.07, 6.45) is 2.62. The first-order valence-corrected chi connectivity index (χ1v) is 7.60. The summed E-state index contributed by atoms with van der Waals surface area (Å²) < 4.78 is 25.7. The molecule has 0 atom stereocenters. The van der Waals surface area contributed by atoms with Gasteiger partial charge in [0.25, 0.3) is 0 Å².